The number of benzene rings is 1. The van der Waals surface area contributed by atoms with Crippen LogP contribution in [-0.4, -0.2) is 48.8 Å². The number of morpholine rings is 1. The van der Waals surface area contributed by atoms with Gasteiger partial charge in [0.05, 0.1) is 19.8 Å². The van der Waals surface area contributed by atoms with Gasteiger partial charge in [-0.2, -0.15) is 0 Å². The van der Waals surface area contributed by atoms with Gasteiger partial charge in [-0.1, -0.05) is 11.6 Å². The number of anilines is 1. The molecule has 26 heavy (non-hydrogen) atoms. The summed E-state index contributed by atoms with van der Waals surface area (Å²) in [5.74, 6) is 1.79. The maximum atomic E-state index is 12.0. The molecule has 0 unspecified atom stereocenters. The maximum absolute atomic E-state index is 12.0. The van der Waals surface area contributed by atoms with Crippen LogP contribution in [0.5, 0.6) is 5.75 Å². The van der Waals surface area contributed by atoms with E-state index >= 15 is 0 Å². The van der Waals surface area contributed by atoms with Crippen molar-refractivity contribution in [3.05, 3.63) is 46.9 Å². The van der Waals surface area contributed by atoms with E-state index in [2.05, 4.69) is 20.2 Å². The van der Waals surface area contributed by atoms with Crippen LogP contribution >= 0.6 is 11.6 Å². The Morgan fingerprint density at radius 1 is 1.27 bits per heavy atom. The number of aryl methyl sites for hydroxylation is 1. The van der Waals surface area contributed by atoms with Crippen LogP contribution in [0.15, 0.2) is 30.3 Å². The van der Waals surface area contributed by atoms with Gasteiger partial charge in [-0.25, -0.2) is 9.97 Å². The van der Waals surface area contributed by atoms with Crippen LogP contribution in [0.2, 0.25) is 5.02 Å². The van der Waals surface area contributed by atoms with Gasteiger partial charge in [0.1, 0.15) is 17.4 Å². The first kappa shape index (κ1) is 18.4. The molecule has 0 atom stereocenters. The Labute approximate surface area is 157 Å². The molecule has 2 heterocycles. The van der Waals surface area contributed by atoms with E-state index < -0.39 is 0 Å². The number of carbonyl (C=O) groups excluding carboxylic acids is 1. The lowest BCUT2D eigenvalue weighted by Gasteiger charge is -2.28. The van der Waals surface area contributed by atoms with Crippen LogP contribution < -0.4 is 15.0 Å². The summed E-state index contributed by atoms with van der Waals surface area (Å²) in [7, 11) is 0. The molecular formula is C18H21ClN4O3. The van der Waals surface area contributed by atoms with Gasteiger partial charge in [-0.15, -0.1) is 0 Å². The zero-order valence-electron chi connectivity index (χ0n) is 14.6. The molecular weight excluding hydrogens is 356 g/mol. The highest BCUT2D eigenvalue weighted by atomic mass is 35.5. The number of rotatable bonds is 6. The second-order valence-corrected chi connectivity index (χ2v) is 6.34. The molecule has 0 bridgehead atoms. The third-order valence-corrected chi connectivity index (χ3v) is 4.10. The molecule has 1 aliphatic heterocycles. The van der Waals surface area contributed by atoms with Crippen LogP contribution in [0, 0.1) is 6.92 Å². The third-order valence-electron chi connectivity index (χ3n) is 3.85. The largest absolute Gasteiger partial charge is 0.484 e. The fourth-order valence-corrected chi connectivity index (χ4v) is 2.68. The van der Waals surface area contributed by atoms with Gasteiger partial charge in [0, 0.05) is 29.9 Å². The van der Waals surface area contributed by atoms with E-state index in [0.717, 1.165) is 24.6 Å². The average Bonchev–Trinajstić information content (AvgIpc) is 2.66. The Morgan fingerprint density at radius 3 is 2.73 bits per heavy atom. The Hall–Kier alpha value is -2.38. The van der Waals surface area contributed by atoms with Crippen LogP contribution in [0.4, 0.5) is 5.82 Å². The van der Waals surface area contributed by atoms with Gasteiger partial charge in [0.2, 0.25) is 0 Å². The summed E-state index contributed by atoms with van der Waals surface area (Å²) in [5.41, 5.74) is 0.864. The second-order valence-electron chi connectivity index (χ2n) is 5.90. The van der Waals surface area contributed by atoms with Crippen molar-refractivity contribution in [1.82, 2.24) is 15.3 Å². The number of nitrogens with zero attached hydrogens (tertiary/aromatic N) is 3. The number of hydrogen-bond donors (Lipinski definition) is 1. The summed E-state index contributed by atoms with van der Waals surface area (Å²) in [6, 6.07) is 8.80. The molecule has 8 heteroatoms. The molecule has 1 saturated heterocycles. The predicted molar refractivity (Wildman–Crippen MR) is 98.6 cm³/mol. The van der Waals surface area contributed by atoms with Crippen LogP contribution in [-0.2, 0) is 16.1 Å². The zero-order valence-corrected chi connectivity index (χ0v) is 15.3. The molecule has 7 nitrogen and oxygen atoms in total. The standard InChI is InChI=1S/C18H21ClN4O3/c1-13-10-17(23-6-8-25-9-7-23)22-16(21-13)11-20-18(24)12-26-15-4-2-14(19)3-5-15/h2-5,10H,6-9,11-12H2,1H3,(H,20,24). The molecule has 0 saturated carbocycles. The van der Waals surface area contributed by atoms with Crippen molar-refractivity contribution in [3.8, 4) is 5.75 Å². The number of carbonyl (C=O) groups is 1. The molecule has 2 aromatic rings. The maximum Gasteiger partial charge on any atom is 0.258 e. The number of ether oxygens (including phenoxy) is 2. The van der Waals surface area contributed by atoms with Gasteiger partial charge in [0.25, 0.3) is 5.91 Å². The smallest absolute Gasteiger partial charge is 0.258 e. The summed E-state index contributed by atoms with van der Waals surface area (Å²) in [6.07, 6.45) is 0. The number of nitrogens with one attached hydrogen (secondary N) is 1. The Bertz CT molecular complexity index is 749. The van der Waals surface area contributed by atoms with Crippen LogP contribution in [0.25, 0.3) is 0 Å². The van der Waals surface area contributed by atoms with E-state index in [4.69, 9.17) is 21.1 Å². The van der Waals surface area contributed by atoms with Crippen molar-refractivity contribution in [2.75, 3.05) is 37.8 Å². The SMILES string of the molecule is Cc1cc(N2CCOCC2)nc(CNC(=O)COc2ccc(Cl)cc2)n1. The van der Waals surface area contributed by atoms with Crippen molar-refractivity contribution in [3.63, 3.8) is 0 Å². The number of aromatic nitrogens is 2. The molecule has 1 aromatic carbocycles. The van der Waals surface area contributed by atoms with Crippen molar-refractivity contribution in [2.24, 2.45) is 0 Å². The monoisotopic (exact) mass is 376 g/mol. The van der Waals surface area contributed by atoms with E-state index in [1.807, 2.05) is 13.0 Å². The summed E-state index contributed by atoms with van der Waals surface area (Å²) in [4.78, 5) is 23.1. The normalized spacial score (nSPS) is 14.2. The number of halogens is 1. The first-order chi connectivity index (χ1) is 12.6. The quantitative estimate of drug-likeness (QED) is 0.830. The molecule has 0 aliphatic carbocycles. The molecule has 0 radical (unpaired) electrons. The summed E-state index contributed by atoms with van der Waals surface area (Å²) in [5, 5.41) is 3.40. The van der Waals surface area contributed by atoms with Crippen LogP contribution in [0.3, 0.4) is 0 Å². The molecule has 1 amide bonds. The lowest BCUT2D eigenvalue weighted by molar-refractivity contribution is -0.123. The van der Waals surface area contributed by atoms with Gasteiger partial charge >= 0.3 is 0 Å². The third kappa shape index (κ3) is 5.31. The van der Waals surface area contributed by atoms with Crippen molar-refractivity contribution < 1.29 is 14.3 Å². The van der Waals surface area contributed by atoms with E-state index in [0.29, 0.717) is 29.8 Å². The highest BCUT2D eigenvalue weighted by Gasteiger charge is 2.14. The lowest BCUT2D eigenvalue weighted by Crippen LogP contribution is -2.37. The fraction of sp³-hybridized carbons (Fsp3) is 0.389. The Morgan fingerprint density at radius 2 is 2.00 bits per heavy atom. The first-order valence-corrected chi connectivity index (χ1v) is 8.80. The van der Waals surface area contributed by atoms with Crippen molar-refractivity contribution in [2.45, 2.75) is 13.5 Å². The summed E-state index contributed by atoms with van der Waals surface area (Å²) >= 11 is 5.81. The number of amides is 1. The van der Waals surface area contributed by atoms with Gasteiger partial charge in [0.15, 0.2) is 6.61 Å². The van der Waals surface area contributed by atoms with Gasteiger partial charge < -0.3 is 19.7 Å². The number of hydrogen-bond acceptors (Lipinski definition) is 6. The summed E-state index contributed by atoms with van der Waals surface area (Å²) < 4.78 is 10.8. The van der Waals surface area contributed by atoms with E-state index in [1.54, 1.807) is 24.3 Å². The van der Waals surface area contributed by atoms with E-state index in [-0.39, 0.29) is 19.1 Å². The molecule has 138 valence electrons. The van der Waals surface area contributed by atoms with Crippen LogP contribution in [0.1, 0.15) is 11.5 Å². The zero-order chi connectivity index (χ0) is 18.4. The highest BCUT2D eigenvalue weighted by molar-refractivity contribution is 6.30. The molecule has 3 rings (SSSR count). The lowest BCUT2D eigenvalue weighted by atomic mass is 10.3. The minimum Gasteiger partial charge on any atom is -0.484 e. The van der Waals surface area contributed by atoms with Gasteiger partial charge in [-0.3, -0.25) is 4.79 Å². The Kier molecular flexibility index (Phi) is 6.25. The molecule has 1 fully saturated rings. The van der Waals surface area contributed by atoms with Crippen molar-refractivity contribution >= 4 is 23.3 Å². The predicted octanol–water partition coefficient (Wildman–Crippen LogP) is 1.97. The first-order valence-electron chi connectivity index (χ1n) is 8.42. The minimum atomic E-state index is -0.238. The fourth-order valence-electron chi connectivity index (χ4n) is 2.55. The molecule has 1 N–H and O–H groups in total. The van der Waals surface area contributed by atoms with Gasteiger partial charge in [-0.05, 0) is 31.2 Å². The average molecular weight is 377 g/mol. The second kappa shape index (κ2) is 8.82. The molecule has 1 aromatic heterocycles. The van der Waals surface area contributed by atoms with Crippen molar-refractivity contribution in [1.29, 1.82) is 0 Å². The minimum absolute atomic E-state index is 0.0796. The topological polar surface area (TPSA) is 76.6 Å². The Balaban J connectivity index is 1.52. The summed E-state index contributed by atoms with van der Waals surface area (Å²) in [6.45, 7) is 5.08. The molecule has 0 spiro atoms. The highest BCUT2D eigenvalue weighted by Crippen LogP contribution is 2.16. The molecule has 1 aliphatic rings. The van der Waals surface area contributed by atoms with E-state index in [9.17, 15) is 4.79 Å². The van der Waals surface area contributed by atoms with E-state index in [1.165, 1.54) is 0 Å².